The molecule has 0 radical (unpaired) electrons. The Kier molecular flexibility index (Phi) is 4.53. The Hall–Kier alpha value is -4.43. The Bertz CT molecular complexity index is 1290. The molecule has 3 amide bonds. The van der Waals surface area contributed by atoms with Crippen LogP contribution in [0, 0.1) is 23.2 Å². The number of carbonyl (C=O) groups is 2. The van der Waals surface area contributed by atoms with Gasteiger partial charge in [0.25, 0.3) is 5.91 Å². The van der Waals surface area contributed by atoms with E-state index in [4.69, 9.17) is 10.00 Å². The fourth-order valence-corrected chi connectivity index (χ4v) is 3.30. The van der Waals surface area contributed by atoms with Crippen LogP contribution in [0.3, 0.4) is 0 Å². The molecule has 3 aromatic rings. The number of benzene rings is 2. The molecule has 2 heterocycles. The highest BCUT2D eigenvalue weighted by molar-refractivity contribution is 6.09. The van der Waals surface area contributed by atoms with Gasteiger partial charge in [-0.25, -0.2) is 4.79 Å². The van der Waals surface area contributed by atoms with E-state index in [2.05, 4.69) is 22.5 Å². The number of aromatic nitrogens is 1. The number of urea groups is 1. The molecular weight excluding hydrogens is 384 g/mol. The van der Waals surface area contributed by atoms with Gasteiger partial charge >= 0.3 is 6.03 Å². The monoisotopic (exact) mass is 400 g/mol. The van der Waals surface area contributed by atoms with Crippen LogP contribution in [0.1, 0.15) is 11.1 Å². The summed E-state index contributed by atoms with van der Waals surface area (Å²) < 4.78 is 6.64. The minimum atomic E-state index is -1.59. The van der Waals surface area contributed by atoms with Gasteiger partial charge in [0, 0.05) is 22.5 Å². The lowest BCUT2D eigenvalue weighted by molar-refractivity contribution is -0.122. The second-order valence-electron chi connectivity index (χ2n) is 6.79. The number of nitrogens with zero attached hydrogens (tertiary/aromatic N) is 2. The molecule has 30 heavy (non-hydrogen) atoms. The average Bonchev–Trinajstić information content (AvgIpc) is 3.21. The first-order valence-electron chi connectivity index (χ1n) is 8.97. The van der Waals surface area contributed by atoms with Crippen molar-refractivity contribution in [2.75, 3.05) is 7.11 Å². The summed E-state index contributed by atoms with van der Waals surface area (Å²) in [6.45, 7) is -0.113. The quantitative estimate of drug-likeness (QED) is 0.458. The van der Waals surface area contributed by atoms with Crippen molar-refractivity contribution in [2.45, 2.75) is 12.1 Å². The van der Waals surface area contributed by atoms with Crippen molar-refractivity contribution < 1.29 is 19.4 Å². The number of methoxy groups -OCH3 is 1. The Balaban J connectivity index is 1.76. The van der Waals surface area contributed by atoms with Gasteiger partial charge in [0.1, 0.15) is 5.75 Å². The van der Waals surface area contributed by atoms with Gasteiger partial charge in [-0.2, -0.15) is 5.26 Å². The van der Waals surface area contributed by atoms with E-state index in [1.54, 1.807) is 48.7 Å². The van der Waals surface area contributed by atoms with Crippen LogP contribution in [0.4, 0.5) is 4.79 Å². The minimum Gasteiger partial charge on any atom is -0.497 e. The summed E-state index contributed by atoms with van der Waals surface area (Å²) in [5.74, 6) is 5.56. The van der Waals surface area contributed by atoms with Crippen molar-refractivity contribution in [3.8, 4) is 29.5 Å². The number of nitriles is 1. The number of amides is 3. The zero-order valence-electron chi connectivity index (χ0n) is 15.9. The molecule has 3 N–H and O–H groups in total. The third-order valence-electron chi connectivity index (χ3n) is 4.83. The Morgan fingerprint density at radius 1 is 1.20 bits per heavy atom. The lowest BCUT2D eigenvalue weighted by Gasteiger charge is -2.20. The van der Waals surface area contributed by atoms with E-state index in [0.717, 1.165) is 5.39 Å². The summed E-state index contributed by atoms with van der Waals surface area (Å²) in [4.78, 5) is 24.5. The topological polar surface area (TPSA) is 116 Å². The zero-order valence-corrected chi connectivity index (χ0v) is 15.9. The first-order chi connectivity index (χ1) is 14.4. The maximum Gasteiger partial charge on any atom is 0.323 e. The van der Waals surface area contributed by atoms with Crippen LogP contribution < -0.4 is 15.4 Å². The lowest BCUT2D eigenvalue weighted by Crippen LogP contribution is -2.49. The average molecular weight is 400 g/mol. The summed E-state index contributed by atoms with van der Waals surface area (Å²) in [5.41, 5.74) is -0.635. The molecule has 4 rings (SSSR count). The van der Waals surface area contributed by atoms with Gasteiger partial charge in [0.15, 0.2) is 5.88 Å². The molecule has 1 aromatic heterocycles. The second-order valence-corrected chi connectivity index (χ2v) is 6.79. The van der Waals surface area contributed by atoms with Gasteiger partial charge in [-0.05, 0) is 36.4 Å². The number of hydrogen-bond acceptors (Lipinski definition) is 5. The van der Waals surface area contributed by atoms with Gasteiger partial charge in [-0.3, -0.25) is 10.1 Å². The molecule has 0 spiro atoms. The van der Waals surface area contributed by atoms with Crippen LogP contribution in [0.5, 0.6) is 11.6 Å². The SMILES string of the molecule is COc1ccc2cn(C[C@@]3(C#Cc4cccc(C#N)c4)NC(=O)NC3=O)c(O)c2c1. The molecule has 8 heteroatoms. The largest absolute Gasteiger partial charge is 0.497 e. The molecule has 148 valence electrons. The highest BCUT2D eigenvalue weighted by Gasteiger charge is 2.46. The van der Waals surface area contributed by atoms with Crippen molar-refractivity contribution in [1.29, 1.82) is 5.26 Å². The molecule has 8 nitrogen and oxygen atoms in total. The lowest BCUT2D eigenvalue weighted by atomic mass is 9.99. The molecule has 0 unspecified atom stereocenters. The predicted molar refractivity (Wildman–Crippen MR) is 108 cm³/mol. The van der Waals surface area contributed by atoms with E-state index >= 15 is 0 Å². The molecule has 0 saturated carbocycles. The van der Waals surface area contributed by atoms with Crippen LogP contribution in [-0.2, 0) is 11.3 Å². The highest BCUT2D eigenvalue weighted by atomic mass is 16.5. The Morgan fingerprint density at radius 2 is 2.00 bits per heavy atom. The molecular formula is C22H16N4O4. The second kappa shape index (κ2) is 7.19. The van der Waals surface area contributed by atoms with E-state index in [1.807, 2.05) is 6.07 Å². The van der Waals surface area contributed by atoms with E-state index in [9.17, 15) is 14.7 Å². The molecule has 1 aliphatic rings. The molecule has 0 aliphatic carbocycles. The number of hydrogen-bond donors (Lipinski definition) is 3. The van der Waals surface area contributed by atoms with Crippen molar-refractivity contribution in [1.82, 2.24) is 15.2 Å². The summed E-state index contributed by atoms with van der Waals surface area (Å²) in [5, 5.41) is 25.8. The fourth-order valence-electron chi connectivity index (χ4n) is 3.30. The van der Waals surface area contributed by atoms with E-state index in [0.29, 0.717) is 22.3 Å². The summed E-state index contributed by atoms with van der Waals surface area (Å²) in [6.07, 6.45) is 1.67. The van der Waals surface area contributed by atoms with Crippen molar-refractivity contribution >= 4 is 22.7 Å². The standard InChI is InChI=1S/C22H16N4O4/c1-30-17-6-5-16-12-26(19(27)18(16)10-17)13-22(20(28)24-21(29)25-22)8-7-14-3-2-4-15(9-14)11-23/h2-6,9-10,12,27H,13H2,1H3,(H2,24,25,28,29)/t22-/m1/s1. The van der Waals surface area contributed by atoms with Gasteiger partial charge in [-0.1, -0.05) is 17.9 Å². The molecule has 1 aliphatic heterocycles. The molecule has 1 fully saturated rings. The first-order valence-corrected chi connectivity index (χ1v) is 8.97. The molecule has 2 aromatic carbocycles. The number of carbonyl (C=O) groups excluding carboxylic acids is 2. The highest BCUT2D eigenvalue weighted by Crippen LogP contribution is 2.31. The normalized spacial score (nSPS) is 17.6. The number of rotatable bonds is 3. The number of ether oxygens (including phenoxy) is 1. The fraction of sp³-hybridized carbons (Fsp3) is 0.136. The van der Waals surface area contributed by atoms with E-state index in [-0.39, 0.29) is 12.4 Å². The van der Waals surface area contributed by atoms with Crippen LogP contribution in [0.25, 0.3) is 10.8 Å². The van der Waals surface area contributed by atoms with Gasteiger partial charge < -0.3 is 19.7 Å². The smallest absolute Gasteiger partial charge is 0.323 e. The summed E-state index contributed by atoms with van der Waals surface area (Å²) in [6, 6.07) is 13.2. The maximum atomic E-state index is 12.6. The van der Waals surface area contributed by atoms with Gasteiger partial charge in [0.2, 0.25) is 5.54 Å². The van der Waals surface area contributed by atoms with Gasteiger partial charge in [0.05, 0.1) is 25.3 Å². The zero-order chi connectivity index (χ0) is 21.3. The molecule has 1 saturated heterocycles. The Labute approximate surface area is 171 Å². The van der Waals surface area contributed by atoms with Crippen molar-refractivity contribution in [2.24, 2.45) is 0 Å². The third-order valence-corrected chi connectivity index (χ3v) is 4.83. The maximum absolute atomic E-state index is 12.6. The van der Waals surface area contributed by atoms with Gasteiger partial charge in [-0.15, -0.1) is 0 Å². The molecule has 0 bridgehead atoms. The third kappa shape index (κ3) is 3.27. The van der Waals surface area contributed by atoms with Crippen LogP contribution in [-0.4, -0.2) is 34.3 Å². The van der Waals surface area contributed by atoms with Crippen LogP contribution in [0.15, 0.2) is 48.7 Å². The van der Waals surface area contributed by atoms with Crippen molar-refractivity contribution in [3.05, 3.63) is 59.8 Å². The van der Waals surface area contributed by atoms with Crippen LogP contribution in [0.2, 0.25) is 0 Å². The van der Waals surface area contributed by atoms with Crippen molar-refractivity contribution in [3.63, 3.8) is 0 Å². The number of nitrogens with one attached hydrogen (secondary N) is 2. The van der Waals surface area contributed by atoms with Crippen LogP contribution >= 0.6 is 0 Å². The Morgan fingerprint density at radius 3 is 2.70 bits per heavy atom. The number of aromatic hydroxyl groups is 1. The minimum absolute atomic E-state index is 0.0782. The number of imide groups is 1. The predicted octanol–water partition coefficient (Wildman–Crippen LogP) is 1.86. The van der Waals surface area contributed by atoms with E-state index in [1.165, 1.54) is 11.7 Å². The summed E-state index contributed by atoms with van der Waals surface area (Å²) >= 11 is 0. The van der Waals surface area contributed by atoms with E-state index < -0.39 is 17.5 Å². The summed E-state index contributed by atoms with van der Waals surface area (Å²) in [7, 11) is 1.53. The first kappa shape index (κ1) is 18.9. The number of fused-ring (bicyclic) bond motifs is 1. The molecule has 1 atom stereocenters.